The van der Waals surface area contributed by atoms with Gasteiger partial charge in [0.05, 0.1) is 22.3 Å². The minimum Gasteiger partial charge on any atom is -0.372 e. The Morgan fingerprint density at radius 1 is 1.17 bits per heavy atom. The highest BCUT2D eigenvalue weighted by atomic mass is 35.5. The molecule has 3 aromatic rings. The van der Waals surface area contributed by atoms with E-state index >= 15 is 0 Å². The minimum atomic E-state index is -0.365. The van der Waals surface area contributed by atoms with E-state index in [2.05, 4.69) is 21.3 Å². The van der Waals surface area contributed by atoms with Gasteiger partial charge in [0.15, 0.2) is 0 Å². The molecule has 0 spiro atoms. The Labute approximate surface area is 178 Å². The third-order valence-electron chi connectivity index (χ3n) is 5.11. The maximum atomic E-state index is 12.7. The second kappa shape index (κ2) is 8.05. The largest absolute Gasteiger partial charge is 0.372 e. The SMILES string of the molecule is Cc1cc(N2CCCC2)ccc1NC(=O)Cn1cnc2c(Cl)cc(Cl)cc2c1=O. The van der Waals surface area contributed by atoms with Gasteiger partial charge in [-0.3, -0.25) is 14.2 Å². The molecule has 0 atom stereocenters. The van der Waals surface area contributed by atoms with Gasteiger partial charge in [0.2, 0.25) is 5.91 Å². The molecule has 1 aliphatic rings. The topological polar surface area (TPSA) is 67.2 Å². The Kier molecular flexibility index (Phi) is 5.48. The van der Waals surface area contributed by atoms with E-state index in [1.165, 1.54) is 41.6 Å². The van der Waals surface area contributed by atoms with E-state index in [-0.39, 0.29) is 23.4 Å². The molecule has 0 radical (unpaired) electrons. The number of hydrogen-bond acceptors (Lipinski definition) is 4. The number of carbonyl (C=O) groups excluding carboxylic acids is 1. The van der Waals surface area contributed by atoms with Crippen LogP contribution in [0.5, 0.6) is 0 Å². The van der Waals surface area contributed by atoms with Crippen LogP contribution in [0, 0.1) is 6.92 Å². The van der Waals surface area contributed by atoms with Crippen molar-refractivity contribution < 1.29 is 4.79 Å². The summed E-state index contributed by atoms with van der Waals surface area (Å²) < 4.78 is 1.25. The van der Waals surface area contributed by atoms with Crippen molar-refractivity contribution in [2.24, 2.45) is 0 Å². The van der Waals surface area contributed by atoms with Gasteiger partial charge in [0, 0.05) is 29.5 Å². The number of amides is 1. The molecule has 8 heteroatoms. The number of aromatic nitrogens is 2. The Balaban J connectivity index is 1.53. The molecule has 1 aliphatic heterocycles. The molecule has 6 nitrogen and oxygen atoms in total. The van der Waals surface area contributed by atoms with Crippen molar-refractivity contribution in [3.8, 4) is 0 Å². The van der Waals surface area contributed by atoms with Gasteiger partial charge in [0.1, 0.15) is 6.54 Å². The fourth-order valence-electron chi connectivity index (χ4n) is 3.61. The average molecular weight is 431 g/mol. The predicted molar refractivity (Wildman–Crippen MR) is 117 cm³/mol. The number of nitrogens with one attached hydrogen (secondary N) is 1. The normalized spacial score (nSPS) is 13.8. The maximum absolute atomic E-state index is 12.7. The van der Waals surface area contributed by atoms with E-state index < -0.39 is 0 Å². The fraction of sp³-hybridized carbons (Fsp3) is 0.286. The first-order chi connectivity index (χ1) is 13.9. The smallest absolute Gasteiger partial charge is 0.261 e. The molecule has 1 amide bonds. The third kappa shape index (κ3) is 4.09. The maximum Gasteiger partial charge on any atom is 0.261 e. The Bertz CT molecular complexity index is 1150. The number of hydrogen-bond donors (Lipinski definition) is 1. The van der Waals surface area contributed by atoms with E-state index in [9.17, 15) is 9.59 Å². The van der Waals surface area contributed by atoms with Gasteiger partial charge >= 0.3 is 0 Å². The van der Waals surface area contributed by atoms with Crippen LogP contribution in [0.3, 0.4) is 0 Å². The van der Waals surface area contributed by atoms with Gasteiger partial charge in [-0.1, -0.05) is 23.2 Å². The van der Waals surface area contributed by atoms with Crippen LogP contribution < -0.4 is 15.8 Å². The first-order valence-corrected chi connectivity index (χ1v) is 10.2. The molecule has 0 bridgehead atoms. The summed E-state index contributed by atoms with van der Waals surface area (Å²) in [5.41, 5.74) is 2.87. The molecule has 1 fully saturated rings. The zero-order chi connectivity index (χ0) is 20.5. The lowest BCUT2D eigenvalue weighted by atomic mass is 10.1. The summed E-state index contributed by atoms with van der Waals surface area (Å²) in [4.78, 5) is 31.8. The molecule has 150 valence electrons. The van der Waals surface area contributed by atoms with Gasteiger partial charge < -0.3 is 10.2 Å². The van der Waals surface area contributed by atoms with Crippen molar-refractivity contribution in [1.29, 1.82) is 0 Å². The number of anilines is 2. The number of rotatable bonds is 4. The number of benzene rings is 2. The number of aryl methyl sites for hydroxylation is 1. The minimum absolute atomic E-state index is 0.154. The van der Waals surface area contributed by atoms with Crippen LogP contribution >= 0.6 is 23.2 Å². The summed E-state index contributed by atoms with van der Waals surface area (Å²) in [6, 6.07) is 9.04. The molecule has 29 heavy (non-hydrogen) atoms. The van der Waals surface area contributed by atoms with Gasteiger partial charge in [0.25, 0.3) is 5.56 Å². The van der Waals surface area contributed by atoms with Crippen molar-refractivity contribution in [1.82, 2.24) is 9.55 Å². The molecule has 0 saturated carbocycles. The zero-order valence-electron chi connectivity index (χ0n) is 15.9. The molecule has 1 N–H and O–H groups in total. The lowest BCUT2D eigenvalue weighted by Gasteiger charge is -2.19. The van der Waals surface area contributed by atoms with Gasteiger partial charge in [-0.15, -0.1) is 0 Å². The fourth-order valence-corrected chi connectivity index (χ4v) is 4.15. The first-order valence-electron chi connectivity index (χ1n) is 9.42. The van der Waals surface area contributed by atoms with E-state index in [1.54, 1.807) is 0 Å². The average Bonchev–Trinajstić information content (AvgIpc) is 3.21. The van der Waals surface area contributed by atoms with Crippen LogP contribution in [0.15, 0.2) is 41.5 Å². The number of fused-ring (bicyclic) bond motifs is 1. The zero-order valence-corrected chi connectivity index (χ0v) is 17.4. The number of nitrogens with zero attached hydrogens (tertiary/aromatic N) is 3. The van der Waals surface area contributed by atoms with Gasteiger partial charge in [-0.05, 0) is 55.7 Å². The van der Waals surface area contributed by atoms with Crippen molar-refractivity contribution >= 4 is 51.4 Å². The Hall–Kier alpha value is -2.57. The predicted octanol–water partition coefficient (Wildman–Crippen LogP) is 4.25. The Morgan fingerprint density at radius 2 is 1.93 bits per heavy atom. The molecule has 1 aromatic heterocycles. The molecular formula is C21H20Cl2N4O2. The lowest BCUT2D eigenvalue weighted by Crippen LogP contribution is -2.28. The molecular weight excluding hydrogens is 411 g/mol. The Morgan fingerprint density at radius 3 is 2.66 bits per heavy atom. The summed E-state index contributed by atoms with van der Waals surface area (Å²) in [6.07, 6.45) is 3.75. The van der Waals surface area contributed by atoms with Crippen LogP contribution in [-0.2, 0) is 11.3 Å². The third-order valence-corrected chi connectivity index (χ3v) is 5.62. The van der Waals surface area contributed by atoms with Crippen LogP contribution in [0.1, 0.15) is 18.4 Å². The van der Waals surface area contributed by atoms with Crippen LogP contribution in [0.25, 0.3) is 10.9 Å². The summed E-state index contributed by atoms with van der Waals surface area (Å²) in [6.45, 7) is 3.94. The molecule has 1 saturated heterocycles. The van der Waals surface area contributed by atoms with Crippen molar-refractivity contribution in [2.75, 3.05) is 23.3 Å². The summed E-state index contributed by atoms with van der Waals surface area (Å²) in [7, 11) is 0. The number of halogens is 2. The summed E-state index contributed by atoms with van der Waals surface area (Å²) in [5, 5.41) is 3.80. The van der Waals surface area contributed by atoms with Crippen LogP contribution in [-0.4, -0.2) is 28.5 Å². The standard InChI is InChI=1S/C21H20Cl2N4O2/c1-13-8-15(26-6-2-3-7-26)4-5-18(13)25-19(28)11-27-12-24-20-16(21(27)29)9-14(22)10-17(20)23/h4-5,8-10,12H,2-3,6-7,11H2,1H3,(H,25,28). The van der Waals surface area contributed by atoms with E-state index in [0.717, 1.165) is 24.3 Å². The van der Waals surface area contributed by atoms with Crippen molar-refractivity contribution in [2.45, 2.75) is 26.3 Å². The van der Waals surface area contributed by atoms with Crippen molar-refractivity contribution in [3.63, 3.8) is 0 Å². The van der Waals surface area contributed by atoms with E-state index in [0.29, 0.717) is 15.6 Å². The highest BCUT2D eigenvalue weighted by Gasteiger charge is 2.15. The van der Waals surface area contributed by atoms with Crippen LogP contribution in [0.4, 0.5) is 11.4 Å². The summed E-state index contributed by atoms with van der Waals surface area (Å²) >= 11 is 12.1. The van der Waals surface area contributed by atoms with E-state index in [4.69, 9.17) is 23.2 Å². The molecule has 2 aromatic carbocycles. The molecule has 4 rings (SSSR count). The second-order valence-corrected chi connectivity index (χ2v) is 8.05. The molecule has 2 heterocycles. The van der Waals surface area contributed by atoms with Crippen LogP contribution in [0.2, 0.25) is 10.0 Å². The lowest BCUT2D eigenvalue weighted by molar-refractivity contribution is -0.116. The van der Waals surface area contributed by atoms with E-state index in [1.807, 2.05) is 19.1 Å². The monoisotopic (exact) mass is 430 g/mol. The molecule has 0 aliphatic carbocycles. The molecule has 0 unspecified atom stereocenters. The highest BCUT2D eigenvalue weighted by Crippen LogP contribution is 2.26. The quantitative estimate of drug-likeness (QED) is 0.671. The van der Waals surface area contributed by atoms with Crippen molar-refractivity contribution in [3.05, 3.63) is 62.6 Å². The first kappa shape index (κ1) is 19.7. The summed E-state index contributed by atoms with van der Waals surface area (Å²) in [5.74, 6) is -0.307. The second-order valence-electron chi connectivity index (χ2n) is 7.20. The van der Waals surface area contributed by atoms with Gasteiger partial charge in [-0.25, -0.2) is 4.98 Å². The highest BCUT2D eigenvalue weighted by molar-refractivity contribution is 6.38. The van der Waals surface area contributed by atoms with Gasteiger partial charge in [-0.2, -0.15) is 0 Å². The number of carbonyl (C=O) groups is 1.